The summed E-state index contributed by atoms with van der Waals surface area (Å²) in [4.78, 5) is 8.37. The molecule has 0 aromatic carbocycles. The highest BCUT2D eigenvalue weighted by atomic mass is 16.5. The summed E-state index contributed by atoms with van der Waals surface area (Å²) in [5.74, 6) is 1.22. The minimum absolute atomic E-state index is 0.540. The highest BCUT2D eigenvalue weighted by Crippen LogP contribution is 2.22. The van der Waals surface area contributed by atoms with E-state index in [1.54, 1.807) is 6.20 Å². The molecule has 0 aliphatic carbocycles. The highest BCUT2D eigenvalue weighted by molar-refractivity contribution is 5.59. The number of ether oxygens (including phenoxy) is 1. The van der Waals surface area contributed by atoms with Crippen LogP contribution in [0.4, 0.5) is 5.82 Å². The molecule has 1 unspecified atom stereocenters. The molecule has 2 N–H and O–H groups in total. The van der Waals surface area contributed by atoms with E-state index in [9.17, 15) is 0 Å². The van der Waals surface area contributed by atoms with Crippen molar-refractivity contribution in [3.8, 4) is 11.3 Å². The summed E-state index contributed by atoms with van der Waals surface area (Å²) in [6.07, 6.45) is 7.85. The Morgan fingerprint density at radius 3 is 3.05 bits per heavy atom. The van der Waals surface area contributed by atoms with Gasteiger partial charge in [0.2, 0.25) is 0 Å². The standard InChI is InChI=1S/C14H18N4O/c15-14-2-1-12(7-17-14)13-8-16-10-18(13)5-3-11-4-6-19-9-11/h1-2,7-8,10-11H,3-6,9H2,(H2,15,17). The van der Waals surface area contributed by atoms with Gasteiger partial charge in [-0.05, 0) is 30.9 Å². The van der Waals surface area contributed by atoms with E-state index in [1.807, 2.05) is 24.7 Å². The Labute approximate surface area is 112 Å². The fourth-order valence-electron chi connectivity index (χ4n) is 2.43. The molecule has 0 amide bonds. The third kappa shape index (κ3) is 2.76. The second kappa shape index (κ2) is 5.40. The summed E-state index contributed by atoms with van der Waals surface area (Å²) in [5.41, 5.74) is 7.75. The first-order valence-electron chi connectivity index (χ1n) is 6.63. The molecule has 0 radical (unpaired) electrons. The average Bonchev–Trinajstić information content (AvgIpc) is 3.08. The maximum Gasteiger partial charge on any atom is 0.123 e. The van der Waals surface area contributed by atoms with Crippen molar-refractivity contribution in [2.24, 2.45) is 5.92 Å². The second-order valence-electron chi connectivity index (χ2n) is 4.96. The Bertz CT molecular complexity index is 529. The van der Waals surface area contributed by atoms with Crippen molar-refractivity contribution in [2.45, 2.75) is 19.4 Å². The third-order valence-electron chi connectivity index (χ3n) is 3.60. The molecule has 1 aliphatic heterocycles. The molecule has 0 spiro atoms. The molecule has 2 aromatic heterocycles. The fourth-order valence-corrected chi connectivity index (χ4v) is 2.43. The Morgan fingerprint density at radius 2 is 2.32 bits per heavy atom. The summed E-state index contributed by atoms with van der Waals surface area (Å²) in [5, 5.41) is 0. The van der Waals surface area contributed by atoms with Gasteiger partial charge in [-0.25, -0.2) is 9.97 Å². The largest absolute Gasteiger partial charge is 0.384 e. The number of imidazole rings is 1. The van der Waals surface area contributed by atoms with Crippen molar-refractivity contribution in [3.63, 3.8) is 0 Å². The summed E-state index contributed by atoms with van der Waals surface area (Å²) in [6.45, 7) is 2.77. The number of hydrogen-bond acceptors (Lipinski definition) is 4. The van der Waals surface area contributed by atoms with Crippen molar-refractivity contribution < 1.29 is 4.74 Å². The number of anilines is 1. The van der Waals surface area contributed by atoms with E-state index < -0.39 is 0 Å². The zero-order valence-electron chi connectivity index (χ0n) is 10.8. The number of nitrogens with two attached hydrogens (primary N) is 1. The van der Waals surface area contributed by atoms with Gasteiger partial charge in [-0.15, -0.1) is 0 Å². The molecule has 0 saturated carbocycles. The predicted molar refractivity (Wildman–Crippen MR) is 73.4 cm³/mol. The van der Waals surface area contributed by atoms with Crippen LogP contribution in [0.25, 0.3) is 11.3 Å². The van der Waals surface area contributed by atoms with Gasteiger partial charge >= 0.3 is 0 Å². The Morgan fingerprint density at radius 1 is 1.37 bits per heavy atom. The topological polar surface area (TPSA) is 66.0 Å². The van der Waals surface area contributed by atoms with Gasteiger partial charge in [0.15, 0.2) is 0 Å². The Hall–Kier alpha value is -1.88. The normalized spacial score (nSPS) is 18.8. The van der Waals surface area contributed by atoms with Crippen molar-refractivity contribution >= 4 is 5.82 Å². The van der Waals surface area contributed by atoms with E-state index in [0.29, 0.717) is 11.7 Å². The lowest BCUT2D eigenvalue weighted by Crippen LogP contribution is -2.06. The van der Waals surface area contributed by atoms with Gasteiger partial charge in [-0.3, -0.25) is 0 Å². The highest BCUT2D eigenvalue weighted by Gasteiger charge is 2.16. The molecule has 1 atom stereocenters. The van der Waals surface area contributed by atoms with E-state index >= 15 is 0 Å². The maximum absolute atomic E-state index is 5.61. The van der Waals surface area contributed by atoms with Crippen molar-refractivity contribution in [3.05, 3.63) is 30.9 Å². The molecule has 0 bridgehead atoms. The number of pyridine rings is 1. The molecule has 3 heterocycles. The molecular weight excluding hydrogens is 240 g/mol. The molecule has 5 heteroatoms. The first-order valence-corrected chi connectivity index (χ1v) is 6.63. The fraction of sp³-hybridized carbons (Fsp3) is 0.429. The molecule has 19 heavy (non-hydrogen) atoms. The van der Waals surface area contributed by atoms with Crippen molar-refractivity contribution in [1.29, 1.82) is 0 Å². The number of aryl methyl sites for hydroxylation is 1. The number of rotatable bonds is 4. The molecule has 3 rings (SSSR count). The van der Waals surface area contributed by atoms with Crippen LogP contribution in [0, 0.1) is 5.92 Å². The van der Waals surface area contributed by atoms with E-state index in [-0.39, 0.29) is 0 Å². The van der Waals surface area contributed by atoms with Gasteiger partial charge in [-0.1, -0.05) is 0 Å². The van der Waals surface area contributed by atoms with E-state index in [4.69, 9.17) is 10.5 Å². The van der Waals surface area contributed by atoms with E-state index in [0.717, 1.165) is 37.4 Å². The van der Waals surface area contributed by atoms with Crippen molar-refractivity contribution in [2.75, 3.05) is 18.9 Å². The lowest BCUT2D eigenvalue weighted by atomic mass is 10.1. The van der Waals surface area contributed by atoms with Crippen LogP contribution in [-0.4, -0.2) is 27.7 Å². The van der Waals surface area contributed by atoms with Gasteiger partial charge in [0.25, 0.3) is 0 Å². The molecular formula is C14H18N4O. The smallest absolute Gasteiger partial charge is 0.123 e. The lowest BCUT2D eigenvalue weighted by molar-refractivity contribution is 0.183. The van der Waals surface area contributed by atoms with E-state index in [2.05, 4.69) is 14.5 Å². The molecule has 5 nitrogen and oxygen atoms in total. The van der Waals surface area contributed by atoms with E-state index in [1.165, 1.54) is 6.42 Å². The van der Waals surface area contributed by atoms with Crippen LogP contribution in [0.3, 0.4) is 0 Å². The SMILES string of the molecule is Nc1ccc(-c2cncn2CCC2CCOC2)cn1. The summed E-state index contributed by atoms with van der Waals surface area (Å²) < 4.78 is 7.58. The van der Waals surface area contributed by atoms with Crippen LogP contribution >= 0.6 is 0 Å². The molecule has 100 valence electrons. The molecule has 2 aromatic rings. The van der Waals surface area contributed by atoms with Gasteiger partial charge in [0.1, 0.15) is 5.82 Å². The zero-order valence-corrected chi connectivity index (χ0v) is 10.8. The Kier molecular flexibility index (Phi) is 3.46. The van der Waals surface area contributed by atoms with Crippen LogP contribution in [0.15, 0.2) is 30.9 Å². The van der Waals surface area contributed by atoms with Crippen LogP contribution in [-0.2, 0) is 11.3 Å². The van der Waals surface area contributed by atoms with Gasteiger partial charge < -0.3 is 15.0 Å². The molecule has 1 saturated heterocycles. The van der Waals surface area contributed by atoms with Crippen LogP contribution in [0.5, 0.6) is 0 Å². The maximum atomic E-state index is 5.61. The number of nitrogens with zero attached hydrogens (tertiary/aromatic N) is 3. The molecule has 1 aliphatic rings. The quantitative estimate of drug-likeness (QED) is 0.910. The van der Waals surface area contributed by atoms with Crippen LogP contribution in [0.2, 0.25) is 0 Å². The van der Waals surface area contributed by atoms with Gasteiger partial charge in [0.05, 0.1) is 18.2 Å². The van der Waals surface area contributed by atoms with Crippen LogP contribution < -0.4 is 5.73 Å². The van der Waals surface area contributed by atoms with Gasteiger partial charge in [-0.2, -0.15) is 0 Å². The van der Waals surface area contributed by atoms with Gasteiger partial charge in [0, 0.05) is 31.5 Å². The lowest BCUT2D eigenvalue weighted by Gasteiger charge is -2.11. The predicted octanol–water partition coefficient (Wildman–Crippen LogP) is 1.95. The first-order chi connectivity index (χ1) is 9.33. The Balaban J connectivity index is 1.72. The number of aromatic nitrogens is 3. The van der Waals surface area contributed by atoms with Crippen LogP contribution in [0.1, 0.15) is 12.8 Å². The average molecular weight is 258 g/mol. The summed E-state index contributed by atoms with van der Waals surface area (Å²) in [6, 6.07) is 3.80. The third-order valence-corrected chi connectivity index (χ3v) is 3.60. The monoisotopic (exact) mass is 258 g/mol. The zero-order chi connectivity index (χ0) is 13.1. The van der Waals surface area contributed by atoms with Crippen molar-refractivity contribution in [1.82, 2.24) is 14.5 Å². The second-order valence-corrected chi connectivity index (χ2v) is 4.96. The minimum atomic E-state index is 0.540. The summed E-state index contributed by atoms with van der Waals surface area (Å²) in [7, 11) is 0. The number of nitrogen functional groups attached to an aromatic ring is 1. The first kappa shape index (κ1) is 12.2. The minimum Gasteiger partial charge on any atom is -0.384 e. The summed E-state index contributed by atoms with van der Waals surface area (Å²) >= 11 is 0. The molecule has 1 fully saturated rings. The number of hydrogen-bond donors (Lipinski definition) is 1.